The fourth-order valence-electron chi connectivity index (χ4n) is 2.47. The van der Waals surface area contributed by atoms with Gasteiger partial charge in [0, 0.05) is 20.3 Å². The molecule has 0 unspecified atom stereocenters. The highest BCUT2D eigenvalue weighted by molar-refractivity contribution is 6.31. The Labute approximate surface area is 161 Å². The van der Waals surface area contributed by atoms with Crippen molar-refractivity contribution in [3.8, 4) is 11.5 Å². The molecule has 0 aliphatic heterocycles. The molecule has 0 aliphatic rings. The molecule has 0 fully saturated rings. The van der Waals surface area contributed by atoms with Crippen LogP contribution in [-0.2, 0) is 20.3 Å². The number of hydrogen-bond donors (Lipinski definition) is 0. The zero-order valence-electron chi connectivity index (χ0n) is 15.3. The van der Waals surface area contributed by atoms with Crippen molar-refractivity contribution in [3.63, 3.8) is 0 Å². The zero-order valence-corrected chi connectivity index (χ0v) is 16.1. The van der Waals surface area contributed by atoms with Gasteiger partial charge in [-0.15, -0.1) is 0 Å². The Morgan fingerprint density at radius 1 is 1.22 bits per heavy atom. The molecular weight excluding hydrogens is 370 g/mol. The van der Waals surface area contributed by atoms with Crippen molar-refractivity contribution in [1.29, 1.82) is 0 Å². The molecule has 8 nitrogen and oxygen atoms in total. The highest BCUT2D eigenvalue weighted by Gasteiger charge is 2.18. The first-order valence-electron chi connectivity index (χ1n) is 8.20. The van der Waals surface area contributed by atoms with E-state index in [0.717, 1.165) is 11.4 Å². The summed E-state index contributed by atoms with van der Waals surface area (Å²) in [7, 11) is 5.08. The number of carbonyl (C=O) groups is 1. The van der Waals surface area contributed by atoms with Crippen LogP contribution in [0.15, 0.2) is 42.7 Å². The number of nitrogens with zero attached hydrogens (tertiary/aromatic N) is 5. The summed E-state index contributed by atoms with van der Waals surface area (Å²) in [6, 6.07) is 8.89. The van der Waals surface area contributed by atoms with Gasteiger partial charge < -0.3 is 14.4 Å². The van der Waals surface area contributed by atoms with E-state index in [2.05, 4.69) is 10.2 Å². The molecule has 0 bridgehead atoms. The maximum absolute atomic E-state index is 12.6. The fraction of sp³-hybridized carbons (Fsp3) is 0.278. The number of carbonyl (C=O) groups excluding carboxylic acids is 1. The summed E-state index contributed by atoms with van der Waals surface area (Å²) < 4.78 is 14.0. The van der Waals surface area contributed by atoms with Crippen LogP contribution in [0.4, 0.5) is 0 Å². The largest absolute Gasteiger partial charge is 0.497 e. The lowest BCUT2D eigenvalue weighted by molar-refractivity contribution is 0.0774. The maximum Gasteiger partial charge on any atom is 0.274 e. The van der Waals surface area contributed by atoms with Crippen LogP contribution in [0.5, 0.6) is 11.5 Å². The molecule has 0 N–H and O–H groups in total. The predicted octanol–water partition coefficient (Wildman–Crippen LogP) is 2.59. The SMILES string of the molecule is COc1ccc(OCn2ccc(C(=O)N(C)Cc3c(Cl)cnn3C)n2)cc1. The van der Waals surface area contributed by atoms with Crippen LogP contribution in [0.2, 0.25) is 5.02 Å². The van der Waals surface area contributed by atoms with Gasteiger partial charge in [0.2, 0.25) is 0 Å². The van der Waals surface area contributed by atoms with E-state index in [1.165, 1.54) is 0 Å². The van der Waals surface area contributed by atoms with Gasteiger partial charge in [-0.2, -0.15) is 10.2 Å². The molecule has 1 aromatic carbocycles. The second-order valence-corrected chi connectivity index (χ2v) is 6.32. The summed E-state index contributed by atoms with van der Waals surface area (Å²) in [5, 5.41) is 8.87. The molecule has 9 heteroatoms. The van der Waals surface area contributed by atoms with Crippen molar-refractivity contribution >= 4 is 17.5 Å². The fourth-order valence-corrected chi connectivity index (χ4v) is 2.69. The van der Waals surface area contributed by atoms with Crippen LogP contribution in [-0.4, -0.2) is 44.5 Å². The molecule has 0 atom stereocenters. The number of aryl methyl sites for hydroxylation is 1. The smallest absolute Gasteiger partial charge is 0.274 e. The number of halogens is 1. The molecule has 1 amide bonds. The molecule has 3 aromatic rings. The number of amides is 1. The molecule has 0 radical (unpaired) electrons. The number of rotatable bonds is 7. The highest BCUT2D eigenvalue weighted by Crippen LogP contribution is 2.18. The summed E-state index contributed by atoms with van der Waals surface area (Å²) in [6.07, 6.45) is 3.25. The molecule has 0 spiro atoms. The lowest BCUT2D eigenvalue weighted by atomic mass is 10.3. The van der Waals surface area contributed by atoms with E-state index in [4.69, 9.17) is 21.1 Å². The molecule has 2 aromatic heterocycles. The molecule has 27 heavy (non-hydrogen) atoms. The molecule has 0 saturated carbocycles. The second-order valence-electron chi connectivity index (χ2n) is 5.91. The number of ether oxygens (including phenoxy) is 2. The van der Waals surface area contributed by atoms with Gasteiger partial charge in [-0.3, -0.25) is 9.48 Å². The van der Waals surface area contributed by atoms with Gasteiger partial charge in [0.25, 0.3) is 5.91 Å². The average molecular weight is 390 g/mol. The first kappa shape index (κ1) is 18.8. The summed E-state index contributed by atoms with van der Waals surface area (Å²) >= 11 is 6.10. The van der Waals surface area contributed by atoms with E-state index in [9.17, 15) is 4.79 Å². The van der Waals surface area contributed by atoms with Crippen molar-refractivity contribution in [3.05, 3.63) is 59.1 Å². The van der Waals surface area contributed by atoms with Crippen molar-refractivity contribution in [1.82, 2.24) is 24.5 Å². The normalized spacial score (nSPS) is 10.7. The molecular formula is C18H20ClN5O3. The van der Waals surface area contributed by atoms with Crippen molar-refractivity contribution in [2.45, 2.75) is 13.3 Å². The Balaban J connectivity index is 1.59. The van der Waals surface area contributed by atoms with Crippen molar-refractivity contribution in [2.75, 3.05) is 14.2 Å². The summed E-state index contributed by atoms with van der Waals surface area (Å²) in [4.78, 5) is 14.1. The summed E-state index contributed by atoms with van der Waals surface area (Å²) in [6.45, 7) is 0.528. The van der Waals surface area contributed by atoms with Gasteiger partial charge in [0.15, 0.2) is 12.4 Å². The monoisotopic (exact) mass is 389 g/mol. The van der Waals surface area contributed by atoms with Crippen LogP contribution >= 0.6 is 11.6 Å². The Bertz CT molecular complexity index is 900. The van der Waals surface area contributed by atoms with E-state index in [1.807, 2.05) is 12.1 Å². The van der Waals surface area contributed by atoms with Crippen LogP contribution in [0.1, 0.15) is 16.2 Å². The lowest BCUT2D eigenvalue weighted by Crippen LogP contribution is -2.28. The minimum atomic E-state index is -0.213. The second kappa shape index (κ2) is 8.13. The zero-order chi connectivity index (χ0) is 19.4. The number of hydrogen-bond acceptors (Lipinski definition) is 5. The van der Waals surface area contributed by atoms with Crippen LogP contribution in [0.25, 0.3) is 0 Å². The lowest BCUT2D eigenvalue weighted by Gasteiger charge is -2.16. The third-order valence-corrected chi connectivity index (χ3v) is 4.34. The van der Waals surface area contributed by atoms with Crippen molar-refractivity contribution < 1.29 is 14.3 Å². The Kier molecular flexibility index (Phi) is 5.66. The van der Waals surface area contributed by atoms with E-state index >= 15 is 0 Å². The minimum absolute atomic E-state index is 0.191. The third-order valence-electron chi connectivity index (χ3n) is 4.03. The Morgan fingerprint density at radius 3 is 2.56 bits per heavy atom. The first-order valence-corrected chi connectivity index (χ1v) is 8.58. The number of benzene rings is 1. The third kappa shape index (κ3) is 4.40. The van der Waals surface area contributed by atoms with Gasteiger partial charge in [-0.25, -0.2) is 4.68 Å². The predicted molar refractivity (Wildman–Crippen MR) is 99.9 cm³/mol. The topological polar surface area (TPSA) is 74.4 Å². The number of methoxy groups -OCH3 is 1. The molecule has 0 aliphatic carbocycles. The summed E-state index contributed by atoms with van der Waals surface area (Å²) in [5.74, 6) is 1.23. The first-order chi connectivity index (χ1) is 13.0. The number of aromatic nitrogens is 4. The van der Waals surface area contributed by atoms with E-state index < -0.39 is 0 Å². The molecule has 142 valence electrons. The van der Waals surface area contributed by atoms with E-state index in [1.54, 1.807) is 66.1 Å². The Hall–Kier alpha value is -3.00. The minimum Gasteiger partial charge on any atom is -0.497 e. The van der Waals surface area contributed by atoms with Crippen LogP contribution in [0, 0.1) is 0 Å². The van der Waals surface area contributed by atoms with Gasteiger partial charge in [-0.05, 0) is 30.3 Å². The van der Waals surface area contributed by atoms with Crippen molar-refractivity contribution in [2.24, 2.45) is 7.05 Å². The van der Waals surface area contributed by atoms with Gasteiger partial charge in [-0.1, -0.05) is 11.6 Å². The maximum atomic E-state index is 12.6. The average Bonchev–Trinajstić information content (AvgIpc) is 3.28. The van der Waals surface area contributed by atoms with Crippen LogP contribution < -0.4 is 9.47 Å². The Morgan fingerprint density at radius 2 is 1.93 bits per heavy atom. The van der Waals surface area contributed by atoms with Gasteiger partial charge >= 0.3 is 0 Å². The van der Waals surface area contributed by atoms with Crippen LogP contribution in [0.3, 0.4) is 0 Å². The van der Waals surface area contributed by atoms with E-state index in [0.29, 0.717) is 23.0 Å². The molecule has 3 rings (SSSR count). The van der Waals surface area contributed by atoms with Gasteiger partial charge in [0.05, 0.1) is 30.6 Å². The standard InChI is InChI=1S/C18H20ClN5O3/c1-22(11-17-15(19)10-20-23(17)2)18(25)16-8-9-24(21-16)12-27-14-6-4-13(26-3)5-7-14/h4-10H,11-12H2,1-3H3. The van der Waals surface area contributed by atoms with E-state index in [-0.39, 0.29) is 12.6 Å². The molecule has 2 heterocycles. The molecule has 0 saturated heterocycles. The summed E-state index contributed by atoms with van der Waals surface area (Å²) in [5.41, 5.74) is 1.09. The van der Waals surface area contributed by atoms with Gasteiger partial charge in [0.1, 0.15) is 11.5 Å². The highest BCUT2D eigenvalue weighted by atomic mass is 35.5. The quantitative estimate of drug-likeness (QED) is 0.621.